The summed E-state index contributed by atoms with van der Waals surface area (Å²) in [6, 6.07) is 21.2. The van der Waals surface area contributed by atoms with Gasteiger partial charge in [0, 0.05) is 5.69 Å². The average molecular weight is 505 g/mol. The molecule has 35 heavy (non-hydrogen) atoms. The molecule has 176 valence electrons. The van der Waals surface area contributed by atoms with Crippen LogP contribution >= 0.6 is 23.2 Å². The molecule has 5 nitrogen and oxygen atoms in total. The van der Waals surface area contributed by atoms with Crippen molar-refractivity contribution in [3.05, 3.63) is 101 Å². The fourth-order valence-electron chi connectivity index (χ4n) is 6.16. The first-order valence-corrected chi connectivity index (χ1v) is 12.3. The van der Waals surface area contributed by atoms with E-state index in [1.165, 1.54) is 0 Å². The van der Waals surface area contributed by atoms with Crippen LogP contribution in [-0.4, -0.2) is 28.7 Å². The lowest BCUT2D eigenvalue weighted by atomic mass is 9.54. The maximum absolute atomic E-state index is 13.9. The Morgan fingerprint density at radius 2 is 1.29 bits per heavy atom. The van der Waals surface area contributed by atoms with E-state index in [-0.39, 0.29) is 0 Å². The summed E-state index contributed by atoms with van der Waals surface area (Å²) in [6.07, 6.45) is 0. The molecule has 3 atom stereocenters. The number of likely N-dealkylation sites (tertiary alicyclic amines) is 1. The number of nitrogens with zero attached hydrogens (tertiary/aromatic N) is 1. The van der Waals surface area contributed by atoms with Gasteiger partial charge >= 0.3 is 0 Å². The number of aryl methyl sites for hydroxylation is 1. The molecule has 1 N–H and O–H groups in total. The second-order valence-electron chi connectivity index (χ2n) is 9.55. The van der Waals surface area contributed by atoms with Gasteiger partial charge in [-0.25, -0.2) is 0 Å². The van der Waals surface area contributed by atoms with Gasteiger partial charge in [-0.2, -0.15) is 0 Å². The second-order valence-corrected chi connectivity index (χ2v) is 10.7. The molecule has 7 heteroatoms. The van der Waals surface area contributed by atoms with Crippen LogP contribution in [0, 0.1) is 18.8 Å². The van der Waals surface area contributed by atoms with Gasteiger partial charge in [0.05, 0.1) is 11.8 Å². The predicted molar refractivity (Wildman–Crippen MR) is 134 cm³/mol. The average Bonchev–Trinajstić information content (AvgIpc) is 3.13. The van der Waals surface area contributed by atoms with Crippen molar-refractivity contribution in [1.82, 2.24) is 4.90 Å². The number of nitrogens with one attached hydrogen (secondary N) is 1. The van der Waals surface area contributed by atoms with Crippen molar-refractivity contribution in [1.29, 1.82) is 0 Å². The van der Waals surface area contributed by atoms with Gasteiger partial charge < -0.3 is 5.32 Å². The Labute approximate surface area is 213 Å². The number of imide groups is 1. The topological polar surface area (TPSA) is 66.5 Å². The van der Waals surface area contributed by atoms with Crippen LogP contribution in [0.2, 0.25) is 0 Å². The Morgan fingerprint density at radius 3 is 1.71 bits per heavy atom. The third-order valence-electron chi connectivity index (χ3n) is 7.67. The molecule has 0 radical (unpaired) electrons. The van der Waals surface area contributed by atoms with Crippen LogP contribution in [0.1, 0.15) is 34.7 Å². The van der Waals surface area contributed by atoms with E-state index in [0.29, 0.717) is 5.69 Å². The zero-order chi connectivity index (χ0) is 24.7. The molecule has 1 aliphatic heterocycles. The third kappa shape index (κ3) is 2.74. The Kier molecular flexibility index (Phi) is 4.73. The number of halogens is 2. The fraction of sp³-hybridized carbons (Fsp3) is 0.250. The summed E-state index contributed by atoms with van der Waals surface area (Å²) in [5.41, 5.74) is 4.51. The Morgan fingerprint density at radius 1 is 0.829 bits per heavy atom. The van der Waals surface area contributed by atoms with Crippen LogP contribution in [0.25, 0.3) is 0 Å². The van der Waals surface area contributed by atoms with Crippen LogP contribution in [0.4, 0.5) is 5.69 Å². The van der Waals surface area contributed by atoms with Crippen LogP contribution in [0.3, 0.4) is 0 Å². The van der Waals surface area contributed by atoms with Gasteiger partial charge in [-0.1, -0.05) is 60.7 Å². The van der Waals surface area contributed by atoms with E-state index in [1.54, 1.807) is 13.0 Å². The maximum atomic E-state index is 13.9. The first kappa shape index (κ1) is 22.3. The largest absolute Gasteiger partial charge is 0.324 e. The number of benzene rings is 3. The smallest absolute Gasteiger partial charge is 0.247 e. The summed E-state index contributed by atoms with van der Waals surface area (Å²) in [5.74, 6) is -3.25. The SMILES string of the molecule is Cc1cccc(NC(=O)[C@H](C)N2C(=O)[C@@H]3[C@@H](C2=O)C2(Cl)c4ccccc4C3(Cl)c3ccccc32)c1. The monoisotopic (exact) mass is 504 g/mol. The summed E-state index contributed by atoms with van der Waals surface area (Å²) in [5, 5.41) is 2.82. The highest BCUT2D eigenvalue weighted by Gasteiger charge is 2.73. The van der Waals surface area contributed by atoms with E-state index in [9.17, 15) is 14.4 Å². The minimum atomic E-state index is -1.26. The van der Waals surface area contributed by atoms with Gasteiger partial charge in [0.2, 0.25) is 17.7 Å². The number of anilines is 1. The molecule has 0 unspecified atom stereocenters. The standard InChI is InChI=1S/C28H22Cl2N2O3/c1-15-8-7-9-17(14-15)31-24(33)16(2)32-25(34)22-23(26(32)35)28(30)19-11-4-3-10-18(19)27(22,29)20-12-5-6-13-21(20)28/h3-14,16,22-23H,1-2H3,(H,31,33)/t16-,22-,23-,27?,28?/m0/s1. The summed E-state index contributed by atoms with van der Waals surface area (Å²) < 4.78 is 0. The van der Waals surface area contributed by atoms with E-state index >= 15 is 0 Å². The lowest BCUT2D eigenvalue weighted by Gasteiger charge is -2.54. The molecular formula is C28H22Cl2N2O3. The summed E-state index contributed by atoms with van der Waals surface area (Å²) >= 11 is 14.8. The van der Waals surface area contributed by atoms with E-state index in [4.69, 9.17) is 23.2 Å². The number of hydrogen-bond donors (Lipinski definition) is 1. The molecule has 4 aliphatic rings. The number of amides is 3. The van der Waals surface area contributed by atoms with Crippen molar-refractivity contribution >= 4 is 46.6 Å². The van der Waals surface area contributed by atoms with Crippen LogP contribution < -0.4 is 5.32 Å². The quantitative estimate of drug-likeness (QED) is 0.406. The number of carbonyl (C=O) groups is 3. The molecular weight excluding hydrogens is 483 g/mol. The Hall–Kier alpha value is -3.15. The molecule has 3 aliphatic carbocycles. The van der Waals surface area contributed by atoms with Crippen molar-refractivity contribution in [3.8, 4) is 0 Å². The van der Waals surface area contributed by atoms with Crippen molar-refractivity contribution < 1.29 is 14.4 Å². The molecule has 0 saturated carbocycles. The zero-order valence-electron chi connectivity index (χ0n) is 19.1. The molecule has 3 amide bonds. The molecule has 0 spiro atoms. The summed E-state index contributed by atoms with van der Waals surface area (Å²) in [6.45, 7) is 3.48. The number of alkyl halides is 2. The van der Waals surface area contributed by atoms with E-state index in [2.05, 4.69) is 5.32 Å². The van der Waals surface area contributed by atoms with Gasteiger partial charge in [0.25, 0.3) is 0 Å². The first-order valence-electron chi connectivity index (χ1n) is 11.5. The first-order chi connectivity index (χ1) is 16.7. The molecule has 1 fully saturated rings. The lowest BCUT2D eigenvalue weighted by molar-refractivity contribution is -0.146. The van der Waals surface area contributed by atoms with E-state index in [0.717, 1.165) is 32.7 Å². The predicted octanol–water partition coefficient (Wildman–Crippen LogP) is 4.92. The highest BCUT2D eigenvalue weighted by Crippen LogP contribution is 2.69. The highest BCUT2D eigenvalue weighted by molar-refractivity contribution is 6.36. The summed E-state index contributed by atoms with van der Waals surface area (Å²) in [4.78, 5) is 39.6. The molecule has 1 saturated heterocycles. The normalized spacial score (nSPS) is 28.9. The minimum absolute atomic E-state index is 0.453. The molecule has 7 rings (SSSR count). The maximum Gasteiger partial charge on any atom is 0.247 e. The Bertz CT molecular complexity index is 1310. The van der Waals surface area contributed by atoms with Gasteiger partial charge in [-0.15, -0.1) is 23.2 Å². The molecule has 2 bridgehead atoms. The van der Waals surface area contributed by atoms with Crippen molar-refractivity contribution in [2.24, 2.45) is 11.8 Å². The van der Waals surface area contributed by atoms with E-state index < -0.39 is 45.3 Å². The second kappa shape index (κ2) is 7.42. The number of carbonyl (C=O) groups excluding carboxylic acids is 3. The van der Waals surface area contributed by atoms with Crippen LogP contribution in [0.15, 0.2) is 72.8 Å². The number of rotatable bonds is 3. The zero-order valence-corrected chi connectivity index (χ0v) is 20.6. The van der Waals surface area contributed by atoms with Crippen LogP contribution in [0.5, 0.6) is 0 Å². The third-order valence-corrected chi connectivity index (χ3v) is 8.96. The lowest BCUT2D eigenvalue weighted by Crippen LogP contribution is -2.57. The van der Waals surface area contributed by atoms with Gasteiger partial charge in [-0.05, 0) is 53.8 Å². The number of hydrogen-bond acceptors (Lipinski definition) is 3. The minimum Gasteiger partial charge on any atom is -0.324 e. The van der Waals surface area contributed by atoms with Crippen LogP contribution in [-0.2, 0) is 24.1 Å². The van der Waals surface area contributed by atoms with Gasteiger partial charge in [-0.3, -0.25) is 19.3 Å². The van der Waals surface area contributed by atoms with Gasteiger partial charge in [0.1, 0.15) is 15.8 Å². The van der Waals surface area contributed by atoms with Crippen molar-refractivity contribution in [2.45, 2.75) is 29.6 Å². The molecule has 0 aromatic heterocycles. The van der Waals surface area contributed by atoms with Crippen molar-refractivity contribution in [2.75, 3.05) is 5.32 Å². The molecule has 3 aromatic rings. The Balaban J connectivity index is 1.46. The van der Waals surface area contributed by atoms with Crippen molar-refractivity contribution in [3.63, 3.8) is 0 Å². The van der Waals surface area contributed by atoms with E-state index in [1.807, 2.05) is 73.7 Å². The van der Waals surface area contributed by atoms with Gasteiger partial charge in [0.15, 0.2) is 0 Å². The summed E-state index contributed by atoms with van der Waals surface area (Å²) in [7, 11) is 0. The molecule has 3 aromatic carbocycles. The highest BCUT2D eigenvalue weighted by atomic mass is 35.5. The fourth-order valence-corrected chi connectivity index (χ4v) is 7.25. The molecule has 1 heterocycles.